The number of rotatable bonds is 12. The zero-order valence-corrected chi connectivity index (χ0v) is 15.2. The molecule has 0 aliphatic carbocycles. The number of aliphatic carboxylic acids is 1. The molecule has 4 nitrogen and oxygen atoms in total. The molecule has 2 atom stereocenters. The maximum absolute atomic E-state index is 11.5. The van der Waals surface area contributed by atoms with Crippen molar-refractivity contribution >= 4 is 5.97 Å². The van der Waals surface area contributed by atoms with Crippen LogP contribution in [0.2, 0.25) is 0 Å². The third-order valence-corrected chi connectivity index (χ3v) is 4.62. The van der Waals surface area contributed by atoms with Crippen molar-refractivity contribution < 1.29 is 15.0 Å². The minimum atomic E-state index is -0.743. The number of benzene rings is 2. The highest BCUT2D eigenvalue weighted by molar-refractivity contribution is 5.75. The number of unbranched alkanes of at least 4 members (excludes halogenated alkanes) is 3. The Balaban J connectivity index is 1.55. The molecule has 3 N–H and O–H groups in total. The quantitative estimate of drug-likeness (QED) is 0.501. The van der Waals surface area contributed by atoms with Crippen molar-refractivity contribution in [1.29, 1.82) is 0 Å². The number of aliphatic hydroxyl groups is 1. The average molecular weight is 355 g/mol. The molecule has 0 saturated heterocycles. The van der Waals surface area contributed by atoms with Crippen molar-refractivity contribution in [3.63, 3.8) is 0 Å². The van der Waals surface area contributed by atoms with Gasteiger partial charge < -0.3 is 15.5 Å². The summed E-state index contributed by atoms with van der Waals surface area (Å²) in [6.07, 6.45) is 4.25. The summed E-state index contributed by atoms with van der Waals surface area (Å²) in [6.45, 7) is 1.42. The number of carboxylic acid groups (broad SMARTS) is 1. The molecule has 0 aliphatic rings. The molecule has 140 valence electrons. The zero-order chi connectivity index (χ0) is 18.6. The van der Waals surface area contributed by atoms with Crippen LogP contribution in [0.1, 0.15) is 55.3 Å². The topological polar surface area (TPSA) is 69.6 Å². The van der Waals surface area contributed by atoms with Gasteiger partial charge in [-0.2, -0.15) is 0 Å². The van der Waals surface area contributed by atoms with E-state index in [0.29, 0.717) is 13.0 Å². The van der Waals surface area contributed by atoms with Gasteiger partial charge in [0.1, 0.15) is 0 Å². The Morgan fingerprint density at radius 3 is 2.04 bits per heavy atom. The van der Waals surface area contributed by atoms with Gasteiger partial charge in [0.05, 0.1) is 12.0 Å². The van der Waals surface area contributed by atoms with Gasteiger partial charge in [0.15, 0.2) is 0 Å². The van der Waals surface area contributed by atoms with Crippen LogP contribution in [-0.4, -0.2) is 29.3 Å². The summed E-state index contributed by atoms with van der Waals surface area (Å²) in [6, 6.07) is 19.1. The normalized spacial score (nSPS) is 13.3. The second-order valence-corrected chi connectivity index (χ2v) is 6.64. The fourth-order valence-electron chi connectivity index (χ4n) is 3.10. The number of hydrogen-bond acceptors (Lipinski definition) is 3. The highest BCUT2D eigenvalue weighted by Crippen LogP contribution is 2.22. The van der Waals surface area contributed by atoms with E-state index in [1.54, 1.807) is 0 Å². The van der Waals surface area contributed by atoms with E-state index in [2.05, 4.69) is 5.32 Å². The van der Waals surface area contributed by atoms with Crippen molar-refractivity contribution in [2.45, 2.75) is 44.1 Å². The standard InChI is InChI=1S/C22H29NO3/c24-21(19-13-7-4-8-14-19)17-23-16-10-2-1-9-15-20(22(25)26)18-11-5-3-6-12-18/h3-8,11-14,20-21,23-24H,1-2,9-10,15-17H2,(H,25,26). The van der Waals surface area contributed by atoms with Crippen molar-refractivity contribution in [3.05, 3.63) is 71.8 Å². The predicted molar refractivity (Wildman–Crippen MR) is 104 cm³/mol. The molecule has 0 saturated carbocycles. The Bertz CT molecular complexity index is 630. The van der Waals surface area contributed by atoms with Gasteiger partial charge >= 0.3 is 5.97 Å². The van der Waals surface area contributed by atoms with E-state index in [1.807, 2.05) is 60.7 Å². The summed E-state index contributed by atoms with van der Waals surface area (Å²) >= 11 is 0. The molecular formula is C22H29NO3. The van der Waals surface area contributed by atoms with Gasteiger partial charge in [-0.25, -0.2) is 0 Å². The number of carboxylic acids is 1. The maximum Gasteiger partial charge on any atom is 0.310 e. The molecule has 0 aliphatic heterocycles. The second kappa shape index (κ2) is 11.4. The van der Waals surface area contributed by atoms with Crippen molar-refractivity contribution in [2.24, 2.45) is 0 Å². The van der Waals surface area contributed by atoms with E-state index in [9.17, 15) is 15.0 Å². The molecule has 26 heavy (non-hydrogen) atoms. The van der Waals surface area contributed by atoms with Crippen LogP contribution in [0, 0.1) is 0 Å². The molecule has 0 radical (unpaired) electrons. The van der Waals surface area contributed by atoms with Gasteiger partial charge in [-0.05, 0) is 30.5 Å². The van der Waals surface area contributed by atoms with Crippen LogP contribution in [0.25, 0.3) is 0 Å². The molecule has 2 aromatic rings. The third kappa shape index (κ3) is 6.98. The van der Waals surface area contributed by atoms with Crippen LogP contribution in [0.3, 0.4) is 0 Å². The summed E-state index contributed by atoms with van der Waals surface area (Å²) < 4.78 is 0. The molecule has 4 heteroatoms. The Kier molecular flexibility index (Phi) is 8.87. The minimum Gasteiger partial charge on any atom is -0.481 e. The first-order valence-electron chi connectivity index (χ1n) is 9.40. The largest absolute Gasteiger partial charge is 0.481 e. The first-order valence-corrected chi connectivity index (χ1v) is 9.40. The summed E-state index contributed by atoms with van der Waals surface area (Å²) in [4.78, 5) is 11.5. The predicted octanol–water partition coefficient (Wildman–Crippen LogP) is 4.13. The van der Waals surface area contributed by atoms with E-state index < -0.39 is 18.0 Å². The SMILES string of the molecule is O=C(O)C(CCCCCCNCC(O)c1ccccc1)c1ccccc1. The maximum atomic E-state index is 11.5. The highest BCUT2D eigenvalue weighted by atomic mass is 16.4. The Labute approximate surface area is 155 Å². The van der Waals surface area contributed by atoms with Crippen LogP contribution in [0.4, 0.5) is 0 Å². The first-order chi connectivity index (χ1) is 12.7. The van der Waals surface area contributed by atoms with Gasteiger partial charge in [-0.15, -0.1) is 0 Å². The molecule has 0 fully saturated rings. The number of carbonyl (C=O) groups is 1. The van der Waals surface area contributed by atoms with Gasteiger partial charge in [-0.3, -0.25) is 4.79 Å². The Morgan fingerprint density at radius 2 is 1.42 bits per heavy atom. The van der Waals surface area contributed by atoms with Crippen LogP contribution < -0.4 is 5.32 Å². The summed E-state index contributed by atoms with van der Waals surface area (Å²) in [5, 5.41) is 22.8. The van der Waals surface area contributed by atoms with Crippen LogP contribution >= 0.6 is 0 Å². The summed E-state index contributed by atoms with van der Waals surface area (Å²) in [7, 11) is 0. The summed E-state index contributed by atoms with van der Waals surface area (Å²) in [5.74, 6) is -1.15. The van der Waals surface area contributed by atoms with Crippen molar-refractivity contribution in [1.82, 2.24) is 5.32 Å². The van der Waals surface area contributed by atoms with Crippen molar-refractivity contribution in [3.8, 4) is 0 Å². The Morgan fingerprint density at radius 1 is 0.846 bits per heavy atom. The van der Waals surface area contributed by atoms with E-state index in [4.69, 9.17) is 0 Å². The lowest BCUT2D eigenvalue weighted by Crippen LogP contribution is -2.22. The van der Waals surface area contributed by atoms with E-state index >= 15 is 0 Å². The van der Waals surface area contributed by atoms with E-state index in [1.165, 1.54) is 0 Å². The van der Waals surface area contributed by atoms with Crippen molar-refractivity contribution in [2.75, 3.05) is 13.1 Å². The van der Waals surface area contributed by atoms with Gasteiger partial charge in [-0.1, -0.05) is 79.9 Å². The molecule has 2 unspecified atom stereocenters. The van der Waals surface area contributed by atoms with Crippen LogP contribution in [0.5, 0.6) is 0 Å². The van der Waals surface area contributed by atoms with Gasteiger partial charge in [0.2, 0.25) is 0 Å². The number of aliphatic hydroxyl groups excluding tert-OH is 1. The van der Waals surface area contributed by atoms with Crippen LogP contribution in [0.15, 0.2) is 60.7 Å². The second-order valence-electron chi connectivity index (χ2n) is 6.64. The molecule has 0 spiro atoms. The first kappa shape index (κ1) is 20.1. The van der Waals surface area contributed by atoms with E-state index in [-0.39, 0.29) is 0 Å². The monoisotopic (exact) mass is 355 g/mol. The van der Waals surface area contributed by atoms with Crippen LogP contribution in [-0.2, 0) is 4.79 Å². The minimum absolute atomic E-state index is 0.407. The molecule has 0 bridgehead atoms. The molecular weight excluding hydrogens is 326 g/mol. The average Bonchev–Trinajstić information content (AvgIpc) is 2.67. The highest BCUT2D eigenvalue weighted by Gasteiger charge is 2.18. The smallest absolute Gasteiger partial charge is 0.310 e. The lowest BCUT2D eigenvalue weighted by molar-refractivity contribution is -0.139. The lowest BCUT2D eigenvalue weighted by atomic mass is 9.93. The molecule has 0 amide bonds. The third-order valence-electron chi connectivity index (χ3n) is 4.62. The number of nitrogens with one attached hydrogen (secondary N) is 1. The summed E-state index contributed by atoms with van der Waals surface area (Å²) in [5.41, 5.74) is 1.82. The molecule has 0 heterocycles. The molecule has 2 aromatic carbocycles. The van der Waals surface area contributed by atoms with E-state index in [0.717, 1.165) is 43.4 Å². The fourth-order valence-corrected chi connectivity index (χ4v) is 3.10. The molecule has 2 rings (SSSR count). The fraction of sp³-hybridized carbons (Fsp3) is 0.409. The Hall–Kier alpha value is -2.17. The van der Waals surface area contributed by atoms with Gasteiger partial charge in [0, 0.05) is 6.54 Å². The zero-order valence-electron chi connectivity index (χ0n) is 15.2. The molecule has 0 aromatic heterocycles. The number of hydrogen-bond donors (Lipinski definition) is 3. The van der Waals surface area contributed by atoms with Gasteiger partial charge in [0.25, 0.3) is 0 Å². The lowest BCUT2D eigenvalue weighted by Gasteiger charge is -2.13.